The van der Waals surface area contributed by atoms with E-state index in [2.05, 4.69) is 22.4 Å². The van der Waals surface area contributed by atoms with Crippen LogP contribution in [0.2, 0.25) is 0 Å². The summed E-state index contributed by atoms with van der Waals surface area (Å²) in [5.41, 5.74) is 3.12. The van der Waals surface area contributed by atoms with E-state index < -0.39 is 0 Å². The highest BCUT2D eigenvalue weighted by Crippen LogP contribution is 2.16. The number of halogens is 1. The van der Waals surface area contributed by atoms with Crippen LogP contribution in [0.15, 0.2) is 73.1 Å². The van der Waals surface area contributed by atoms with E-state index in [1.165, 1.54) is 17.8 Å². The van der Waals surface area contributed by atoms with Crippen molar-refractivity contribution in [2.24, 2.45) is 0 Å². The molecule has 1 amide bonds. The molecule has 0 radical (unpaired) electrons. The molecule has 0 atom stereocenters. The number of hydrogen-bond donors (Lipinski definition) is 1. The molecule has 0 spiro atoms. The molecule has 3 aromatic rings. The van der Waals surface area contributed by atoms with Crippen molar-refractivity contribution in [1.29, 1.82) is 0 Å². The summed E-state index contributed by atoms with van der Waals surface area (Å²) >= 11 is 0. The number of hydrogen-bond acceptors (Lipinski definition) is 3. The Hall–Kier alpha value is -3.21. The number of carbonyl (C=O) groups is 1. The minimum absolute atomic E-state index is 0.214. The Balaban J connectivity index is 1.59. The van der Waals surface area contributed by atoms with Crippen molar-refractivity contribution in [3.8, 4) is 0 Å². The normalized spacial score (nSPS) is 10.4. The van der Waals surface area contributed by atoms with Gasteiger partial charge in [-0.2, -0.15) is 0 Å². The first kappa shape index (κ1) is 18.6. The van der Waals surface area contributed by atoms with Gasteiger partial charge in [-0.1, -0.05) is 48.5 Å². The van der Waals surface area contributed by atoms with E-state index >= 15 is 0 Å². The van der Waals surface area contributed by atoms with Gasteiger partial charge in [-0.25, -0.2) is 4.39 Å². The van der Waals surface area contributed by atoms with Crippen molar-refractivity contribution < 1.29 is 9.18 Å². The Bertz CT molecular complexity index is 899. The topological polar surface area (TPSA) is 45.2 Å². The molecular weight excluding hydrogens is 341 g/mol. The van der Waals surface area contributed by atoms with Crippen LogP contribution in [0.3, 0.4) is 0 Å². The fourth-order valence-corrected chi connectivity index (χ4v) is 2.82. The molecule has 0 bridgehead atoms. The molecule has 1 heterocycles. The summed E-state index contributed by atoms with van der Waals surface area (Å²) in [4.78, 5) is 18.6. The van der Waals surface area contributed by atoms with Gasteiger partial charge < -0.3 is 10.2 Å². The molecule has 3 rings (SSSR count). The van der Waals surface area contributed by atoms with Crippen LogP contribution in [-0.4, -0.2) is 24.5 Å². The molecule has 27 heavy (non-hydrogen) atoms. The second kappa shape index (κ2) is 8.94. The lowest BCUT2D eigenvalue weighted by Crippen LogP contribution is -2.26. The van der Waals surface area contributed by atoms with Crippen LogP contribution in [-0.2, 0) is 13.0 Å². The Kier molecular flexibility index (Phi) is 6.15. The van der Waals surface area contributed by atoms with Crippen molar-refractivity contribution in [3.63, 3.8) is 0 Å². The molecule has 0 aliphatic rings. The number of pyridine rings is 1. The van der Waals surface area contributed by atoms with Crippen molar-refractivity contribution in [1.82, 2.24) is 10.3 Å². The van der Waals surface area contributed by atoms with Crippen molar-refractivity contribution in [2.45, 2.75) is 13.0 Å². The second-order valence-electron chi connectivity index (χ2n) is 6.37. The predicted octanol–water partition coefficient (Wildman–Crippen LogP) is 3.83. The van der Waals surface area contributed by atoms with Crippen LogP contribution in [0.25, 0.3) is 0 Å². The highest BCUT2D eigenvalue weighted by atomic mass is 19.1. The quantitative estimate of drug-likeness (QED) is 0.694. The zero-order chi connectivity index (χ0) is 19.1. The maximum Gasteiger partial charge on any atom is 0.252 e. The average molecular weight is 363 g/mol. The van der Waals surface area contributed by atoms with Crippen LogP contribution in [0, 0.1) is 5.82 Å². The van der Waals surface area contributed by atoms with Gasteiger partial charge in [-0.15, -0.1) is 0 Å². The maximum atomic E-state index is 13.6. The van der Waals surface area contributed by atoms with E-state index in [0.717, 1.165) is 12.2 Å². The van der Waals surface area contributed by atoms with E-state index in [-0.39, 0.29) is 11.7 Å². The van der Waals surface area contributed by atoms with Gasteiger partial charge in [0.1, 0.15) is 5.82 Å². The minimum atomic E-state index is -0.252. The third-order valence-corrected chi connectivity index (χ3v) is 4.33. The molecule has 2 aromatic carbocycles. The fraction of sp³-hybridized carbons (Fsp3) is 0.182. The zero-order valence-corrected chi connectivity index (χ0v) is 15.2. The fourth-order valence-electron chi connectivity index (χ4n) is 2.82. The van der Waals surface area contributed by atoms with Gasteiger partial charge in [-0.05, 0) is 29.7 Å². The largest absolute Gasteiger partial charge is 0.369 e. The van der Waals surface area contributed by atoms with E-state index in [4.69, 9.17) is 0 Å². The summed E-state index contributed by atoms with van der Waals surface area (Å²) in [5.74, 6) is -0.466. The van der Waals surface area contributed by atoms with Crippen LogP contribution in [0.5, 0.6) is 0 Å². The standard InChI is InChI=1S/C22H22FN3O/c1-26(16-17-7-3-2-4-8-17)20-13-19(14-24-15-20)22(27)25-12-11-18-9-5-6-10-21(18)23/h2-10,13-15H,11-12,16H2,1H3,(H,25,27). The molecule has 0 saturated heterocycles. The summed E-state index contributed by atoms with van der Waals surface area (Å²) in [5, 5.41) is 2.83. The number of nitrogens with zero attached hydrogens (tertiary/aromatic N) is 2. The highest BCUT2D eigenvalue weighted by Gasteiger charge is 2.10. The second-order valence-corrected chi connectivity index (χ2v) is 6.37. The molecule has 1 N–H and O–H groups in total. The number of anilines is 1. The van der Waals surface area contributed by atoms with Crippen LogP contribution < -0.4 is 10.2 Å². The lowest BCUT2D eigenvalue weighted by molar-refractivity contribution is 0.0953. The third-order valence-electron chi connectivity index (χ3n) is 4.33. The Morgan fingerprint density at radius 2 is 1.81 bits per heavy atom. The minimum Gasteiger partial charge on any atom is -0.369 e. The molecule has 0 unspecified atom stereocenters. The van der Waals surface area contributed by atoms with Crippen molar-refractivity contribution in [3.05, 3.63) is 95.6 Å². The van der Waals surface area contributed by atoms with E-state index in [1.54, 1.807) is 24.4 Å². The molecule has 5 heteroatoms. The van der Waals surface area contributed by atoms with Crippen LogP contribution >= 0.6 is 0 Å². The number of benzene rings is 2. The Morgan fingerprint density at radius 3 is 2.59 bits per heavy atom. The molecular formula is C22H22FN3O. The van der Waals surface area contributed by atoms with Gasteiger partial charge in [0.2, 0.25) is 0 Å². The lowest BCUT2D eigenvalue weighted by atomic mass is 10.1. The number of rotatable bonds is 7. The smallest absolute Gasteiger partial charge is 0.252 e. The summed E-state index contributed by atoms with van der Waals surface area (Å²) < 4.78 is 13.6. The first-order valence-electron chi connectivity index (χ1n) is 8.85. The zero-order valence-electron chi connectivity index (χ0n) is 15.2. The first-order valence-corrected chi connectivity index (χ1v) is 8.85. The monoisotopic (exact) mass is 363 g/mol. The number of nitrogens with one attached hydrogen (secondary N) is 1. The Labute approximate surface area is 158 Å². The lowest BCUT2D eigenvalue weighted by Gasteiger charge is -2.19. The summed E-state index contributed by atoms with van der Waals surface area (Å²) in [6.45, 7) is 1.09. The van der Waals surface area contributed by atoms with E-state index in [9.17, 15) is 9.18 Å². The first-order chi connectivity index (χ1) is 13.1. The molecule has 1 aromatic heterocycles. The van der Waals surface area contributed by atoms with E-state index in [1.807, 2.05) is 36.2 Å². The SMILES string of the molecule is CN(Cc1ccccc1)c1cncc(C(=O)NCCc2ccccc2F)c1. The number of amides is 1. The van der Waals surface area contributed by atoms with Crippen molar-refractivity contribution >= 4 is 11.6 Å². The van der Waals surface area contributed by atoms with Gasteiger partial charge in [0.05, 0.1) is 17.4 Å². The third kappa shape index (κ3) is 5.14. The molecule has 0 fully saturated rings. The molecule has 0 saturated carbocycles. The van der Waals surface area contributed by atoms with Gasteiger partial charge in [-0.3, -0.25) is 9.78 Å². The number of aromatic nitrogens is 1. The molecule has 0 aliphatic heterocycles. The predicted molar refractivity (Wildman–Crippen MR) is 105 cm³/mol. The maximum absolute atomic E-state index is 13.6. The molecule has 138 valence electrons. The van der Waals surface area contributed by atoms with Gasteiger partial charge in [0, 0.05) is 26.3 Å². The summed E-state index contributed by atoms with van der Waals surface area (Å²) in [6, 6.07) is 18.5. The van der Waals surface area contributed by atoms with Gasteiger partial charge >= 0.3 is 0 Å². The van der Waals surface area contributed by atoms with Crippen molar-refractivity contribution in [2.75, 3.05) is 18.5 Å². The van der Waals surface area contributed by atoms with Gasteiger partial charge in [0.15, 0.2) is 0 Å². The van der Waals surface area contributed by atoms with Gasteiger partial charge in [0.25, 0.3) is 5.91 Å². The average Bonchev–Trinajstić information content (AvgIpc) is 2.70. The molecule has 4 nitrogen and oxygen atoms in total. The highest BCUT2D eigenvalue weighted by molar-refractivity contribution is 5.94. The number of carbonyl (C=O) groups excluding carboxylic acids is 1. The Morgan fingerprint density at radius 1 is 1.07 bits per heavy atom. The summed E-state index contributed by atoms with van der Waals surface area (Å²) in [7, 11) is 1.96. The summed E-state index contributed by atoms with van der Waals surface area (Å²) in [6.07, 6.45) is 3.72. The molecule has 0 aliphatic carbocycles. The van der Waals surface area contributed by atoms with E-state index in [0.29, 0.717) is 24.1 Å². The van der Waals surface area contributed by atoms with Crippen LogP contribution in [0.1, 0.15) is 21.5 Å². The van der Waals surface area contributed by atoms with Crippen LogP contribution in [0.4, 0.5) is 10.1 Å².